The first-order valence-corrected chi connectivity index (χ1v) is 17.4. The molecular formula is C37H58N2O4. The van der Waals surface area contributed by atoms with Crippen molar-refractivity contribution in [2.24, 2.45) is 50.2 Å². The highest BCUT2D eigenvalue weighted by Gasteiger charge is 2.69. The number of ether oxygens (including phenoxy) is 1. The summed E-state index contributed by atoms with van der Waals surface area (Å²) < 4.78 is 5.88. The Balaban J connectivity index is 1.21. The molecule has 0 radical (unpaired) electrons. The van der Waals surface area contributed by atoms with Crippen molar-refractivity contribution >= 4 is 17.6 Å². The molecule has 2 N–H and O–H groups in total. The van der Waals surface area contributed by atoms with Crippen LogP contribution in [0.1, 0.15) is 126 Å². The lowest BCUT2D eigenvalue weighted by molar-refractivity contribution is -0.185. The highest BCUT2D eigenvalue weighted by molar-refractivity contribution is 5.95. The van der Waals surface area contributed by atoms with Crippen LogP contribution in [0.3, 0.4) is 0 Å². The lowest BCUT2D eigenvalue weighted by Crippen LogP contribution is -2.65. The van der Waals surface area contributed by atoms with Gasteiger partial charge < -0.3 is 15.4 Å². The molecule has 43 heavy (non-hydrogen) atoms. The van der Waals surface area contributed by atoms with E-state index in [1.807, 2.05) is 0 Å². The van der Waals surface area contributed by atoms with Gasteiger partial charge >= 0.3 is 0 Å². The summed E-state index contributed by atoms with van der Waals surface area (Å²) in [6.45, 7) is 19.4. The molecule has 0 aromatic rings. The van der Waals surface area contributed by atoms with Crippen LogP contribution in [-0.4, -0.2) is 42.9 Å². The predicted molar refractivity (Wildman–Crippen MR) is 169 cm³/mol. The van der Waals surface area contributed by atoms with E-state index in [9.17, 15) is 14.4 Å². The van der Waals surface area contributed by atoms with Crippen molar-refractivity contribution in [3.63, 3.8) is 0 Å². The minimum Gasteiger partial charge on any atom is -0.374 e. The van der Waals surface area contributed by atoms with Crippen LogP contribution in [0.2, 0.25) is 0 Å². The van der Waals surface area contributed by atoms with Gasteiger partial charge in [0.25, 0.3) is 0 Å². The number of carbonyl (C=O) groups is 3. The van der Waals surface area contributed by atoms with Gasteiger partial charge in [0, 0.05) is 24.8 Å². The topological polar surface area (TPSA) is 84.5 Å². The largest absolute Gasteiger partial charge is 0.374 e. The van der Waals surface area contributed by atoms with Gasteiger partial charge in [0.1, 0.15) is 0 Å². The van der Waals surface area contributed by atoms with E-state index in [2.05, 4.69) is 65.2 Å². The van der Waals surface area contributed by atoms with Gasteiger partial charge in [-0.1, -0.05) is 60.5 Å². The minimum atomic E-state index is -0.459. The summed E-state index contributed by atoms with van der Waals surface area (Å²) in [4.78, 5) is 39.5. The molecule has 6 heteroatoms. The van der Waals surface area contributed by atoms with Crippen LogP contribution < -0.4 is 10.6 Å². The van der Waals surface area contributed by atoms with Gasteiger partial charge in [-0.05, 0) is 109 Å². The van der Waals surface area contributed by atoms with Crippen LogP contribution in [0.25, 0.3) is 0 Å². The number of rotatable bonds is 6. The average Bonchev–Trinajstić information content (AvgIpc) is 3.64. The number of hydrogen-bond acceptors (Lipinski definition) is 4. The van der Waals surface area contributed by atoms with E-state index in [4.69, 9.17) is 4.74 Å². The number of fused-ring (bicyclic) bond motifs is 7. The van der Waals surface area contributed by atoms with Crippen molar-refractivity contribution in [3.05, 3.63) is 11.6 Å². The summed E-state index contributed by atoms with van der Waals surface area (Å²) in [5, 5.41) is 6.08. The maximum atomic E-state index is 14.5. The Morgan fingerprint density at radius 3 is 2.40 bits per heavy atom. The molecule has 5 saturated carbocycles. The van der Waals surface area contributed by atoms with Gasteiger partial charge in [-0.25, -0.2) is 0 Å². The number of amides is 2. The fraction of sp³-hybridized carbons (Fsp3) is 0.865. The van der Waals surface area contributed by atoms with Crippen molar-refractivity contribution in [1.29, 1.82) is 0 Å². The van der Waals surface area contributed by atoms with Crippen LogP contribution in [0.4, 0.5) is 0 Å². The molecular weight excluding hydrogens is 536 g/mol. The third kappa shape index (κ3) is 4.77. The SMILES string of the molecule is CC(=O)N[C@H]1CC1OCCNC(=O)[C@@]1(C)CC[C@]2(C)CC[C@]3(C)C(=CC(=O)[C@@H]4[C@@]5(C)CCCC(C)(C)C5CC[C@]43C)[C@H]2C1. The van der Waals surface area contributed by atoms with E-state index < -0.39 is 5.41 Å². The first-order chi connectivity index (χ1) is 20.0. The molecule has 0 aliphatic heterocycles. The standard InChI is InChI=1S/C37H58N2O4/c1-23(40)39-26-21-28(26)43-19-18-38-31(42)34(5)15-14-33(4)16-17-36(7)24(25(33)22-34)20-27(41)30-35(6)12-9-11-32(2,3)29(35)10-13-37(30,36)8/h20,25-26,28-30H,9-19,21-22H2,1-8H3,(H,38,42)(H,39,40)/t25-,26+,28?,29?,30-,33-,34+,35+,36-,37-/m1/s1. The molecule has 6 aliphatic carbocycles. The average molecular weight is 595 g/mol. The van der Waals surface area contributed by atoms with Gasteiger partial charge in [0.05, 0.1) is 18.8 Å². The van der Waals surface area contributed by atoms with E-state index >= 15 is 0 Å². The van der Waals surface area contributed by atoms with Crippen LogP contribution in [-0.2, 0) is 19.1 Å². The maximum absolute atomic E-state index is 14.5. The Labute approximate surface area is 260 Å². The molecule has 0 aromatic heterocycles. The molecule has 6 rings (SSSR count). The van der Waals surface area contributed by atoms with Gasteiger partial charge in [-0.3, -0.25) is 14.4 Å². The Morgan fingerprint density at radius 1 is 0.953 bits per heavy atom. The van der Waals surface area contributed by atoms with Gasteiger partial charge in [0.2, 0.25) is 11.8 Å². The van der Waals surface area contributed by atoms with Crippen molar-refractivity contribution in [2.75, 3.05) is 13.2 Å². The fourth-order valence-electron chi connectivity index (χ4n) is 11.8. The first kappa shape index (κ1) is 31.3. The molecule has 2 unspecified atom stereocenters. The van der Waals surface area contributed by atoms with Crippen LogP contribution in [0.15, 0.2) is 11.6 Å². The molecule has 6 nitrogen and oxygen atoms in total. The predicted octanol–water partition coefficient (Wildman–Crippen LogP) is 6.77. The third-order valence-corrected chi connectivity index (χ3v) is 14.7. The van der Waals surface area contributed by atoms with Crippen LogP contribution >= 0.6 is 0 Å². The summed E-state index contributed by atoms with van der Waals surface area (Å²) in [7, 11) is 0. The summed E-state index contributed by atoms with van der Waals surface area (Å²) in [5.74, 6) is 1.42. The molecule has 10 atom stereocenters. The second-order valence-electron chi connectivity index (χ2n) is 17.8. The van der Waals surface area contributed by atoms with Gasteiger partial charge in [0.15, 0.2) is 5.78 Å². The molecule has 0 spiro atoms. The lowest BCUT2D eigenvalue weighted by atomic mass is 9.33. The molecule has 0 aromatic carbocycles. The van der Waals surface area contributed by atoms with Crippen molar-refractivity contribution in [2.45, 2.75) is 138 Å². The monoisotopic (exact) mass is 594 g/mol. The number of carbonyl (C=O) groups excluding carboxylic acids is 3. The Morgan fingerprint density at radius 2 is 1.67 bits per heavy atom. The fourth-order valence-corrected chi connectivity index (χ4v) is 11.8. The molecule has 0 bridgehead atoms. The number of allylic oxidation sites excluding steroid dienone is 2. The van der Waals surface area contributed by atoms with E-state index in [1.165, 1.54) is 44.6 Å². The summed E-state index contributed by atoms with van der Waals surface area (Å²) >= 11 is 0. The van der Waals surface area contributed by atoms with Crippen molar-refractivity contribution in [1.82, 2.24) is 10.6 Å². The Kier molecular flexibility index (Phi) is 7.39. The normalized spacial score (nSPS) is 48.0. The lowest BCUT2D eigenvalue weighted by Gasteiger charge is -2.70. The van der Waals surface area contributed by atoms with E-state index in [-0.39, 0.29) is 57.5 Å². The second-order valence-corrected chi connectivity index (χ2v) is 17.8. The molecule has 5 fully saturated rings. The zero-order chi connectivity index (χ0) is 31.2. The second kappa shape index (κ2) is 10.2. The number of ketones is 1. The number of nitrogens with one attached hydrogen (secondary N) is 2. The minimum absolute atomic E-state index is 0.0113. The van der Waals surface area contributed by atoms with E-state index in [0.717, 1.165) is 38.5 Å². The Hall–Kier alpha value is -1.69. The molecule has 240 valence electrons. The smallest absolute Gasteiger partial charge is 0.226 e. The Bertz CT molecular complexity index is 1220. The maximum Gasteiger partial charge on any atom is 0.226 e. The highest BCUT2D eigenvalue weighted by atomic mass is 16.5. The van der Waals surface area contributed by atoms with E-state index in [0.29, 0.717) is 30.3 Å². The quantitative estimate of drug-likeness (QED) is 0.333. The summed E-state index contributed by atoms with van der Waals surface area (Å²) in [6.07, 6.45) is 14.1. The highest BCUT2D eigenvalue weighted by Crippen LogP contribution is 2.75. The van der Waals surface area contributed by atoms with Gasteiger partial charge in [-0.2, -0.15) is 0 Å². The zero-order valence-corrected chi connectivity index (χ0v) is 28.3. The van der Waals surface area contributed by atoms with Crippen molar-refractivity contribution in [3.8, 4) is 0 Å². The number of hydrogen-bond donors (Lipinski definition) is 2. The summed E-state index contributed by atoms with van der Waals surface area (Å²) in [6, 6.07) is 0.109. The third-order valence-electron chi connectivity index (χ3n) is 14.7. The van der Waals surface area contributed by atoms with Crippen molar-refractivity contribution < 1.29 is 19.1 Å². The van der Waals surface area contributed by atoms with Crippen LogP contribution in [0.5, 0.6) is 0 Å². The molecule has 2 amide bonds. The molecule has 6 aliphatic rings. The van der Waals surface area contributed by atoms with E-state index in [1.54, 1.807) is 0 Å². The molecule has 0 heterocycles. The molecule has 0 saturated heterocycles. The van der Waals surface area contributed by atoms with Crippen LogP contribution in [0, 0.1) is 50.2 Å². The first-order valence-electron chi connectivity index (χ1n) is 17.4. The summed E-state index contributed by atoms with van der Waals surface area (Å²) in [5.41, 5.74) is 1.35. The zero-order valence-electron chi connectivity index (χ0n) is 28.3. The van der Waals surface area contributed by atoms with Gasteiger partial charge in [-0.15, -0.1) is 0 Å².